The molecule has 1 aliphatic heterocycles. The van der Waals surface area contributed by atoms with Crippen molar-refractivity contribution in [2.75, 3.05) is 57.8 Å². The molecule has 0 saturated carbocycles. The number of anilines is 1. The number of carbonyl (C=O) groups excluding carboxylic acids is 1. The van der Waals surface area contributed by atoms with Crippen LogP contribution in [-0.4, -0.2) is 78.4 Å². The first-order valence-corrected chi connectivity index (χ1v) is 11.9. The molecule has 7 heteroatoms. The highest BCUT2D eigenvalue weighted by atomic mass is 32.1. The van der Waals surface area contributed by atoms with Gasteiger partial charge < -0.3 is 9.80 Å². The Hall–Kier alpha value is -2.35. The van der Waals surface area contributed by atoms with E-state index in [4.69, 9.17) is 0 Å². The van der Waals surface area contributed by atoms with Crippen LogP contribution in [0.4, 0.5) is 5.13 Å². The van der Waals surface area contributed by atoms with E-state index in [2.05, 4.69) is 69.8 Å². The van der Waals surface area contributed by atoms with Crippen LogP contribution in [0.2, 0.25) is 0 Å². The van der Waals surface area contributed by atoms with Crippen LogP contribution in [0.3, 0.4) is 0 Å². The first-order valence-electron chi connectivity index (χ1n) is 11.1. The number of rotatable bonds is 8. The monoisotopic (exact) mass is 437 g/mol. The lowest BCUT2D eigenvalue weighted by Gasteiger charge is -2.31. The number of ketones is 1. The summed E-state index contributed by atoms with van der Waals surface area (Å²) in [7, 11) is 2.13. The number of hydrogen-bond acceptors (Lipinski definition) is 7. The highest BCUT2D eigenvalue weighted by Gasteiger charge is 2.17. The zero-order chi connectivity index (χ0) is 21.8. The summed E-state index contributed by atoms with van der Waals surface area (Å²) in [6.07, 6.45) is 4.23. The van der Waals surface area contributed by atoms with Crippen molar-refractivity contribution in [3.05, 3.63) is 42.4 Å². The van der Waals surface area contributed by atoms with E-state index in [1.165, 1.54) is 0 Å². The van der Waals surface area contributed by atoms with Gasteiger partial charge in [0, 0.05) is 62.7 Å². The molecule has 0 spiro atoms. The van der Waals surface area contributed by atoms with E-state index in [-0.39, 0.29) is 5.78 Å². The molecule has 0 unspecified atom stereocenters. The Bertz CT molecular complexity index is 1040. The Balaban J connectivity index is 1.48. The number of likely N-dealkylation sites (N-methyl/N-ethyl adjacent to an activating group) is 1. The first kappa shape index (κ1) is 21.9. The minimum atomic E-state index is 0.235. The second-order valence-electron chi connectivity index (χ2n) is 8.21. The van der Waals surface area contributed by atoms with E-state index >= 15 is 0 Å². The van der Waals surface area contributed by atoms with E-state index in [1.807, 2.05) is 12.4 Å². The molecule has 1 fully saturated rings. The molecule has 0 amide bonds. The average molecular weight is 438 g/mol. The van der Waals surface area contributed by atoms with Crippen molar-refractivity contribution < 1.29 is 4.79 Å². The molecular formula is C24H31N5OS. The third kappa shape index (κ3) is 5.29. The maximum atomic E-state index is 12.6. The van der Waals surface area contributed by atoms with Crippen LogP contribution in [0.1, 0.15) is 19.5 Å². The second-order valence-corrected chi connectivity index (χ2v) is 9.22. The van der Waals surface area contributed by atoms with Crippen molar-refractivity contribution >= 4 is 33.0 Å². The average Bonchev–Trinajstić information content (AvgIpc) is 3.26. The molecule has 3 aromatic rings. The fraction of sp³-hybridized carbons (Fsp3) is 0.458. The van der Waals surface area contributed by atoms with Crippen LogP contribution >= 0.6 is 11.3 Å². The van der Waals surface area contributed by atoms with Gasteiger partial charge in [0.2, 0.25) is 0 Å². The van der Waals surface area contributed by atoms with Crippen LogP contribution < -0.4 is 4.90 Å². The van der Waals surface area contributed by atoms with Crippen molar-refractivity contribution in [2.24, 2.45) is 0 Å². The number of aromatic nitrogens is 2. The summed E-state index contributed by atoms with van der Waals surface area (Å²) in [5.74, 6) is 0.235. The SMILES string of the molecule is CCN(CC)c1ncc(-c2ccc3cnc(CC(=O)CN4CCN(C)CC4)cc3c2)s1. The topological polar surface area (TPSA) is 52.6 Å². The van der Waals surface area contributed by atoms with Crippen molar-refractivity contribution in [1.82, 2.24) is 19.8 Å². The van der Waals surface area contributed by atoms with E-state index in [0.29, 0.717) is 13.0 Å². The molecule has 31 heavy (non-hydrogen) atoms. The first-order chi connectivity index (χ1) is 15.1. The van der Waals surface area contributed by atoms with Gasteiger partial charge in [0.05, 0.1) is 17.8 Å². The van der Waals surface area contributed by atoms with Gasteiger partial charge in [0.15, 0.2) is 10.9 Å². The summed E-state index contributed by atoms with van der Waals surface area (Å²) >= 11 is 1.72. The number of pyridine rings is 1. The molecule has 0 atom stereocenters. The van der Waals surface area contributed by atoms with Gasteiger partial charge in [0.25, 0.3) is 0 Å². The summed E-state index contributed by atoms with van der Waals surface area (Å²) < 4.78 is 0. The number of piperazine rings is 1. The van der Waals surface area contributed by atoms with Crippen LogP contribution in [0.15, 0.2) is 36.7 Å². The molecule has 1 aliphatic rings. The zero-order valence-electron chi connectivity index (χ0n) is 18.7. The van der Waals surface area contributed by atoms with Gasteiger partial charge >= 0.3 is 0 Å². The number of benzene rings is 1. The number of fused-ring (bicyclic) bond motifs is 1. The molecule has 1 saturated heterocycles. The van der Waals surface area contributed by atoms with Crippen molar-refractivity contribution in [1.29, 1.82) is 0 Å². The van der Waals surface area contributed by atoms with Crippen LogP contribution in [0.5, 0.6) is 0 Å². The Kier molecular flexibility index (Phi) is 6.95. The van der Waals surface area contributed by atoms with Gasteiger partial charge in [-0.15, -0.1) is 0 Å². The zero-order valence-corrected chi connectivity index (χ0v) is 19.5. The maximum absolute atomic E-state index is 12.6. The second kappa shape index (κ2) is 9.85. The Morgan fingerprint density at radius 3 is 2.55 bits per heavy atom. The molecule has 3 heterocycles. The predicted molar refractivity (Wildman–Crippen MR) is 129 cm³/mol. The number of Topliss-reactive ketones (excluding diaryl/α,β-unsaturated/α-hetero) is 1. The number of hydrogen-bond donors (Lipinski definition) is 0. The van der Waals surface area contributed by atoms with Crippen molar-refractivity contribution in [3.63, 3.8) is 0 Å². The molecule has 164 valence electrons. The lowest BCUT2D eigenvalue weighted by Crippen LogP contribution is -2.46. The predicted octanol–water partition coefficient (Wildman–Crippen LogP) is 3.56. The number of thiazole rings is 1. The van der Waals surface area contributed by atoms with Crippen LogP contribution in [-0.2, 0) is 11.2 Å². The van der Waals surface area contributed by atoms with Crippen molar-refractivity contribution in [2.45, 2.75) is 20.3 Å². The van der Waals surface area contributed by atoms with Gasteiger partial charge in [-0.3, -0.25) is 14.7 Å². The number of nitrogens with zero attached hydrogens (tertiary/aromatic N) is 5. The summed E-state index contributed by atoms with van der Waals surface area (Å²) in [4.78, 5) is 29.7. The smallest absolute Gasteiger partial charge is 0.185 e. The summed E-state index contributed by atoms with van der Waals surface area (Å²) in [6, 6.07) is 8.48. The molecule has 6 nitrogen and oxygen atoms in total. The Morgan fingerprint density at radius 1 is 1.03 bits per heavy atom. The Morgan fingerprint density at radius 2 is 1.81 bits per heavy atom. The normalized spacial score (nSPS) is 15.5. The molecule has 0 N–H and O–H groups in total. The van der Waals surface area contributed by atoms with E-state index in [9.17, 15) is 4.79 Å². The quantitative estimate of drug-likeness (QED) is 0.537. The summed E-state index contributed by atoms with van der Waals surface area (Å²) in [6.45, 7) is 10.7. The van der Waals surface area contributed by atoms with Crippen molar-refractivity contribution in [3.8, 4) is 10.4 Å². The fourth-order valence-corrected chi connectivity index (χ4v) is 5.03. The minimum absolute atomic E-state index is 0.235. The molecule has 0 aliphatic carbocycles. The lowest BCUT2D eigenvalue weighted by molar-refractivity contribution is -0.120. The minimum Gasteiger partial charge on any atom is -0.349 e. The standard InChI is InChI=1S/C24H31N5OS/c1-4-29(5-2)24-26-16-23(31-24)18-6-7-19-15-25-21(13-20(19)12-18)14-22(30)17-28-10-8-27(3)9-11-28/h6-7,12-13,15-16H,4-5,8-11,14,17H2,1-3H3. The summed E-state index contributed by atoms with van der Waals surface area (Å²) in [5.41, 5.74) is 2.00. The van der Waals surface area contributed by atoms with E-state index in [1.54, 1.807) is 11.3 Å². The maximum Gasteiger partial charge on any atom is 0.185 e. The molecule has 0 bridgehead atoms. The third-order valence-electron chi connectivity index (χ3n) is 5.96. The number of carbonyl (C=O) groups is 1. The van der Waals surface area contributed by atoms with Gasteiger partial charge in [-0.05, 0) is 44.0 Å². The highest BCUT2D eigenvalue weighted by Crippen LogP contribution is 2.32. The van der Waals surface area contributed by atoms with Gasteiger partial charge in [0.1, 0.15) is 0 Å². The molecule has 0 radical (unpaired) electrons. The fourth-order valence-electron chi connectivity index (χ4n) is 3.99. The lowest BCUT2D eigenvalue weighted by atomic mass is 10.1. The van der Waals surface area contributed by atoms with E-state index < -0.39 is 0 Å². The van der Waals surface area contributed by atoms with Gasteiger partial charge in [-0.1, -0.05) is 23.5 Å². The molecular weight excluding hydrogens is 406 g/mol. The van der Waals surface area contributed by atoms with Crippen LogP contribution in [0.25, 0.3) is 21.2 Å². The summed E-state index contributed by atoms with van der Waals surface area (Å²) in [5, 5.41) is 3.27. The van der Waals surface area contributed by atoms with E-state index in [0.717, 1.165) is 71.3 Å². The van der Waals surface area contributed by atoms with Gasteiger partial charge in [-0.25, -0.2) is 4.98 Å². The molecule has 2 aromatic heterocycles. The molecule has 4 rings (SSSR count). The molecule has 1 aromatic carbocycles. The largest absolute Gasteiger partial charge is 0.349 e. The Labute approximate surface area is 188 Å². The van der Waals surface area contributed by atoms with Gasteiger partial charge in [-0.2, -0.15) is 0 Å². The van der Waals surface area contributed by atoms with Crippen LogP contribution in [0, 0.1) is 0 Å². The third-order valence-corrected chi connectivity index (χ3v) is 7.07. The highest BCUT2D eigenvalue weighted by molar-refractivity contribution is 7.18.